The van der Waals surface area contributed by atoms with E-state index in [1.807, 2.05) is 0 Å². The fourth-order valence-electron chi connectivity index (χ4n) is 3.46. The van der Waals surface area contributed by atoms with E-state index < -0.39 is 10.9 Å². The molecule has 2 aliphatic rings. The summed E-state index contributed by atoms with van der Waals surface area (Å²) in [7, 11) is 0. The minimum Gasteiger partial charge on any atom is -0.458 e. The van der Waals surface area contributed by atoms with Crippen molar-refractivity contribution in [1.29, 1.82) is 0 Å². The molecule has 2 bridgehead atoms. The fraction of sp³-hybridized carbons (Fsp3) is 0.500. The first-order valence-electron chi connectivity index (χ1n) is 7.55. The Labute approximate surface area is 127 Å². The van der Waals surface area contributed by atoms with Gasteiger partial charge in [-0.2, -0.15) is 0 Å². The summed E-state index contributed by atoms with van der Waals surface area (Å²) >= 11 is 0. The number of benzene rings is 1. The van der Waals surface area contributed by atoms with E-state index in [4.69, 9.17) is 4.74 Å². The number of rotatable bonds is 3. The first-order chi connectivity index (χ1) is 10.6. The number of hydrogen-bond donors (Lipinski definition) is 0. The van der Waals surface area contributed by atoms with Crippen molar-refractivity contribution >= 4 is 17.4 Å². The van der Waals surface area contributed by atoms with Gasteiger partial charge in [-0.25, -0.2) is 4.79 Å². The average Bonchev–Trinajstić information content (AvgIpc) is 2.50. The normalized spacial score (nSPS) is 27.3. The molecule has 1 aromatic rings. The molecule has 0 spiro atoms. The predicted molar refractivity (Wildman–Crippen MR) is 77.4 cm³/mol. The molecule has 2 fully saturated rings. The zero-order chi connectivity index (χ0) is 15.7. The van der Waals surface area contributed by atoms with Crippen molar-refractivity contribution in [3.8, 4) is 0 Å². The number of hydrogen-bond acceptors (Lipinski definition) is 5. The number of esters is 1. The van der Waals surface area contributed by atoms with Gasteiger partial charge in [-0.1, -0.05) is 6.42 Å². The molecule has 0 saturated heterocycles. The van der Waals surface area contributed by atoms with Gasteiger partial charge in [-0.3, -0.25) is 14.9 Å². The van der Waals surface area contributed by atoms with Crippen LogP contribution in [0.15, 0.2) is 24.3 Å². The van der Waals surface area contributed by atoms with Gasteiger partial charge in [0.1, 0.15) is 11.9 Å². The fourth-order valence-corrected chi connectivity index (χ4v) is 3.46. The van der Waals surface area contributed by atoms with Crippen LogP contribution in [-0.4, -0.2) is 22.8 Å². The Morgan fingerprint density at radius 3 is 2.55 bits per heavy atom. The van der Waals surface area contributed by atoms with E-state index in [-0.39, 0.29) is 35.0 Å². The van der Waals surface area contributed by atoms with E-state index in [2.05, 4.69) is 0 Å². The zero-order valence-corrected chi connectivity index (χ0v) is 12.1. The van der Waals surface area contributed by atoms with E-state index in [0.717, 1.165) is 32.1 Å². The molecular weight excluding hydrogens is 286 g/mol. The van der Waals surface area contributed by atoms with Gasteiger partial charge in [-0.15, -0.1) is 0 Å². The van der Waals surface area contributed by atoms with Crippen LogP contribution >= 0.6 is 0 Å². The Balaban J connectivity index is 1.68. The number of nitro groups is 1. The molecule has 2 aliphatic carbocycles. The Morgan fingerprint density at radius 1 is 1.14 bits per heavy atom. The second kappa shape index (κ2) is 5.87. The van der Waals surface area contributed by atoms with Crippen molar-refractivity contribution in [3.05, 3.63) is 39.9 Å². The van der Waals surface area contributed by atoms with Crippen molar-refractivity contribution in [2.24, 2.45) is 11.8 Å². The smallest absolute Gasteiger partial charge is 0.338 e. The number of carbonyl (C=O) groups is 2. The summed E-state index contributed by atoms with van der Waals surface area (Å²) in [6.45, 7) is 0. The second-order valence-electron chi connectivity index (χ2n) is 5.96. The van der Waals surface area contributed by atoms with Crippen LogP contribution < -0.4 is 0 Å². The van der Waals surface area contributed by atoms with Gasteiger partial charge >= 0.3 is 5.97 Å². The van der Waals surface area contributed by atoms with Crippen molar-refractivity contribution in [1.82, 2.24) is 0 Å². The lowest BCUT2D eigenvalue weighted by Crippen LogP contribution is -2.43. The number of ether oxygens (including phenoxy) is 1. The zero-order valence-electron chi connectivity index (χ0n) is 12.1. The van der Waals surface area contributed by atoms with Gasteiger partial charge in [0.15, 0.2) is 0 Å². The number of nitrogens with zero attached hydrogens (tertiary/aromatic N) is 1. The van der Waals surface area contributed by atoms with Crippen molar-refractivity contribution in [2.75, 3.05) is 0 Å². The molecule has 0 unspecified atom stereocenters. The average molecular weight is 303 g/mol. The van der Waals surface area contributed by atoms with Gasteiger partial charge in [0.2, 0.25) is 0 Å². The minimum absolute atomic E-state index is 0.0699. The highest BCUT2D eigenvalue weighted by Gasteiger charge is 2.42. The molecule has 0 N–H and O–H groups in total. The quantitative estimate of drug-likeness (QED) is 0.487. The van der Waals surface area contributed by atoms with Gasteiger partial charge in [-0.05, 0) is 37.8 Å². The van der Waals surface area contributed by atoms with Gasteiger partial charge in [0, 0.05) is 18.1 Å². The van der Waals surface area contributed by atoms with E-state index in [1.165, 1.54) is 24.3 Å². The summed E-state index contributed by atoms with van der Waals surface area (Å²) < 4.78 is 5.50. The second-order valence-corrected chi connectivity index (χ2v) is 5.96. The van der Waals surface area contributed by atoms with Crippen LogP contribution in [0.2, 0.25) is 0 Å². The first-order valence-corrected chi connectivity index (χ1v) is 7.55. The maximum Gasteiger partial charge on any atom is 0.338 e. The molecule has 3 atom stereocenters. The summed E-state index contributed by atoms with van der Waals surface area (Å²) in [4.78, 5) is 34.4. The van der Waals surface area contributed by atoms with Crippen LogP contribution in [-0.2, 0) is 9.53 Å². The molecule has 0 aromatic heterocycles. The lowest BCUT2D eigenvalue weighted by Gasteiger charge is -2.38. The molecule has 0 amide bonds. The van der Waals surface area contributed by atoms with Crippen LogP contribution in [0.3, 0.4) is 0 Å². The molecule has 0 radical (unpaired) electrons. The number of fused-ring (bicyclic) bond motifs is 2. The Bertz CT molecular complexity index is 609. The molecular formula is C16H17NO5. The third kappa shape index (κ3) is 2.73. The maximum absolute atomic E-state index is 12.2. The molecule has 1 aromatic carbocycles. The monoisotopic (exact) mass is 303 g/mol. The highest BCUT2D eigenvalue weighted by Crippen LogP contribution is 2.38. The van der Waals surface area contributed by atoms with Crippen molar-refractivity contribution in [3.63, 3.8) is 0 Å². The summed E-state index contributed by atoms with van der Waals surface area (Å²) in [5.74, 6) is -0.307. The summed E-state index contributed by atoms with van der Waals surface area (Å²) in [5, 5.41) is 10.6. The van der Waals surface area contributed by atoms with E-state index in [9.17, 15) is 19.7 Å². The number of non-ortho nitro benzene ring substituents is 1. The number of carbonyl (C=O) groups excluding carboxylic acids is 2. The third-order valence-electron chi connectivity index (χ3n) is 4.66. The van der Waals surface area contributed by atoms with Crippen LogP contribution in [0, 0.1) is 22.0 Å². The van der Waals surface area contributed by atoms with E-state index in [1.54, 1.807) is 0 Å². The number of nitro benzene ring substituents is 1. The van der Waals surface area contributed by atoms with Gasteiger partial charge in [0.05, 0.1) is 16.4 Å². The summed E-state index contributed by atoms with van der Waals surface area (Å²) in [5.41, 5.74) is 0.204. The van der Waals surface area contributed by atoms with Gasteiger partial charge in [0.25, 0.3) is 5.69 Å². The maximum atomic E-state index is 12.2. The Morgan fingerprint density at radius 2 is 1.86 bits per heavy atom. The summed E-state index contributed by atoms with van der Waals surface area (Å²) in [6.07, 6.45) is 3.90. The standard InChI is InChI=1S/C16H17NO5/c18-15-10-2-1-3-13(15)14(9-6-10)22-16(19)11-4-7-12(8-5-11)17(20)21/h4-5,7-8,10,13-14H,1-3,6,9H2/t10-,13+,14-/m1/s1. The van der Waals surface area contributed by atoms with Crippen LogP contribution in [0.1, 0.15) is 42.5 Å². The van der Waals surface area contributed by atoms with Crippen LogP contribution in [0.25, 0.3) is 0 Å². The van der Waals surface area contributed by atoms with Crippen LogP contribution in [0.4, 0.5) is 5.69 Å². The first kappa shape index (κ1) is 14.7. The SMILES string of the molecule is O=C(O[C@@H]1CC[C@H]2CCC[C@@H]1C2=O)c1ccc([N+](=O)[O-])cc1. The Kier molecular flexibility index (Phi) is 3.92. The van der Waals surface area contributed by atoms with Crippen molar-refractivity contribution < 1.29 is 19.2 Å². The van der Waals surface area contributed by atoms with Crippen LogP contribution in [0.5, 0.6) is 0 Å². The summed E-state index contributed by atoms with van der Waals surface area (Å²) in [6, 6.07) is 5.32. The number of ketones is 1. The molecule has 116 valence electrons. The molecule has 6 nitrogen and oxygen atoms in total. The number of Topliss-reactive ketones (excluding diaryl/α,β-unsaturated/α-hetero) is 1. The molecule has 6 heteroatoms. The Hall–Kier alpha value is -2.24. The van der Waals surface area contributed by atoms with E-state index >= 15 is 0 Å². The minimum atomic E-state index is -0.517. The lowest BCUT2D eigenvalue weighted by molar-refractivity contribution is -0.384. The molecule has 0 aliphatic heterocycles. The van der Waals surface area contributed by atoms with Crippen molar-refractivity contribution in [2.45, 2.75) is 38.2 Å². The van der Waals surface area contributed by atoms with Gasteiger partial charge < -0.3 is 4.74 Å². The molecule has 2 saturated carbocycles. The molecule has 0 heterocycles. The third-order valence-corrected chi connectivity index (χ3v) is 4.66. The largest absolute Gasteiger partial charge is 0.458 e. The predicted octanol–water partition coefficient (Wildman–Crippen LogP) is 2.90. The van der Waals surface area contributed by atoms with E-state index in [0.29, 0.717) is 0 Å². The molecule has 3 rings (SSSR count). The topological polar surface area (TPSA) is 86.5 Å². The highest BCUT2D eigenvalue weighted by atomic mass is 16.6. The lowest BCUT2D eigenvalue weighted by atomic mass is 9.70. The molecule has 22 heavy (non-hydrogen) atoms. The highest BCUT2D eigenvalue weighted by molar-refractivity contribution is 5.91.